The Labute approximate surface area is 78.6 Å². The van der Waals surface area contributed by atoms with Gasteiger partial charge in [0, 0.05) is 19.6 Å². The molecule has 3 atom stereocenters. The van der Waals surface area contributed by atoms with E-state index in [2.05, 4.69) is 0 Å². The summed E-state index contributed by atoms with van der Waals surface area (Å²) in [6.07, 6.45) is -9.15. The van der Waals surface area contributed by atoms with Crippen molar-refractivity contribution in [3.05, 3.63) is 0 Å². The van der Waals surface area contributed by atoms with Crippen LogP contribution in [-0.2, 0) is 0 Å². The second kappa shape index (κ2) is 4.01. The van der Waals surface area contributed by atoms with Gasteiger partial charge in [0.15, 0.2) is 6.10 Å². The Kier molecular flexibility index (Phi) is 3.36. The van der Waals surface area contributed by atoms with Gasteiger partial charge in [-0.05, 0) is 0 Å². The van der Waals surface area contributed by atoms with Crippen LogP contribution in [0.3, 0.4) is 0 Å². The van der Waals surface area contributed by atoms with E-state index in [1.165, 1.54) is 4.90 Å². The lowest BCUT2D eigenvalue weighted by Crippen LogP contribution is -2.40. The Balaban J connectivity index is 2.40. The number of rotatable bonds is 2. The number of likely N-dealkylation sites (tertiary alicyclic amines) is 1. The molecule has 0 aromatic heterocycles. The van der Waals surface area contributed by atoms with E-state index in [9.17, 15) is 13.2 Å². The van der Waals surface area contributed by atoms with Gasteiger partial charge in [-0.2, -0.15) is 13.2 Å². The Bertz CT molecular complexity index is 189. The van der Waals surface area contributed by atoms with Crippen LogP contribution in [0.4, 0.5) is 13.2 Å². The standard InChI is InChI=1S/C7H12F3NO3/c8-7(9,10)6(14)3-11-1-4(12)5(13)2-11/h4-6,12-14H,1-3H2/t4-,5+,6?. The summed E-state index contributed by atoms with van der Waals surface area (Å²) in [5, 5.41) is 26.7. The minimum absolute atomic E-state index is 0.0473. The molecule has 7 heteroatoms. The molecular formula is C7H12F3NO3. The predicted octanol–water partition coefficient (Wildman–Crippen LogP) is -1.05. The van der Waals surface area contributed by atoms with Gasteiger partial charge in [0.2, 0.25) is 0 Å². The highest BCUT2D eigenvalue weighted by atomic mass is 19.4. The highest BCUT2D eigenvalue weighted by molar-refractivity contribution is 4.85. The lowest BCUT2D eigenvalue weighted by Gasteiger charge is -2.21. The summed E-state index contributed by atoms with van der Waals surface area (Å²) < 4.78 is 35.7. The average molecular weight is 215 g/mol. The number of hydrogen-bond donors (Lipinski definition) is 3. The third-order valence-corrected chi connectivity index (χ3v) is 2.14. The van der Waals surface area contributed by atoms with Crippen LogP contribution in [0, 0.1) is 0 Å². The maximum atomic E-state index is 11.9. The van der Waals surface area contributed by atoms with Crippen molar-refractivity contribution in [2.75, 3.05) is 19.6 Å². The van der Waals surface area contributed by atoms with Crippen LogP contribution in [-0.4, -0.2) is 64.3 Å². The number of nitrogens with zero attached hydrogens (tertiary/aromatic N) is 1. The summed E-state index contributed by atoms with van der Waals surface area (Å²) in [6, 6.07) is 0. The maximum absolute atomic E-state index is 11.9. The van der Waals surface area contributed by atoms with Crippen molar-refractivity contribution >= 4 is 0 Å². The average Bonchev–Trinajstić information content (AvgIpc) is 2.29. The third kappa shape index (κ3) is 2.81. The van der Waals surface area contributed by atoms with Crippen LogP contribution in [0.1, 0.15) is 0 Å². The molecule has 1 rings (SSSR count). The van der Waals surface area contributed by atoms with Crippen molar-refractivity contribution in [1.29, 1.82) is 0 Å². The lowest BCUT2D eigenvalue weighted by molar-refractivity contribution is -0.207. The second-order valence-electron chi connectivity index (χ2n) is 3.41. The number of aliphatic hydroxyl groups excluding tert-OH is 3. The molecule has 1 aliphatic heterocycles. The molecule has 0 bridgehead atoms. The normalized spacial score (nSPS) is 32.1. The zero-order valence-corrected chi connectivity index (χ0v) is 7.28. The molecule has 0 aromatic rings. The fourth-order valence-electron chi connectivity index (χ4n) is 1.34. The van der Waals surface area contributed by atoms with Crippen molar-refractivity contribution in [3.63, 3.8) is 0 Å². The number of β-amino-alcohol motifs (C(OH)–C–C–N with tert-alkyl or cyclic N) is 3. The number of halogens is 3. The molecule has 1 fully saturated rings. The molecule has 4 nitrogen and oxygen atoms in total. The minimum atomic E-state index is -4.65. The Morgan fingerprint density at radius 3 is 2.00 bits per heavy atom. The third-order valence-electron chi connectivity index (χ3n) is 2.14. The first-order valence-corrected chi connectivity index (χ1v) is 4.14. The maximum Gasteiger partial charge on any atom is 0.415 e. The zero-order chi connectivity index (χ0) is 10.9. The smallest absolute Gasteiger partial charge is 0.389 e. The largest absolute Gasteiger partial charge is 0.415 e. The first-order chi connectivity index (χ1) is 6.30. The highest BCUT2D eigenvalue weighted by Gasteiger charge is 2.41. The summed E-state index contributed by atoms with van der Waals surface area (Å²) in [7, 11) is 0. The summed E-state index contributed by atoms with van der Waals surface area (Å²) in [4.78, 5) is 1.17. The first kappa shape index (κ1) is 11.7. The fraction of sp³-hybridized carbons (Fsp3) is 1.00. The molecule has 1 aliphatic rings. The monoisotopic (exact) mass is 215 g/mol. The van der Waals surface area contributed by atoms with E-state index >= 15 is 0 Å². The van der Waals surface area contributed by atoms with Crippen LogP contribution in [0.2, 0.25) is 0 Å². The van der Waals surface area contributed by atoms with Gasteiger partial charge in [-0.15, -0.1) is 0 Å². The van der Waals surface area contributed by atoms with E-state index in [0.717, 1.165) is 0 Å². The topological polar surface area (TPSA) is 63.9 Å². The van der Waals surface area contributed by atoms with Gasteiger partial charge in [-0.3, -0.25) is 4.90 Å². The van der Waals surface area contributed by atoms with Gasteiger partial charge in [0.1, 0.15) is 0 Å². The second-order valence-corrected chi connectivity index (χ2v) is 3.41. The molecule has 1 unspecified atom stereocenters. The van der Waals surface area contributed by atoms with Crippen molar-refractivity contribution in [1.82, 2.24) is 4.90 Å². The molecule has 0 amide bonds. The minimum Gasteiger partial charge on any atom is -0.389 e. The number of aliphatic hydroxyl groups is 3. The lowest BCUT2D eigenvalue weighted by atomic mass is 10.3. The van der Waals surface area contributed by atoms with Gasteiger partial charge in [0.05, 0.1) is 12.2 Å². The molecule has 3 N–H and O–H groups in total. The Morgan fingerprint density at radius 1 is 1.21 bits per heavy atom. The summed E-state index contributed by atoms with van der Waals surface area (Å²) in [5.41, 5.74) is 0. The number of hydrogen-bond acceptors (Lipinski definition) is 4. The molecular weight excluding hydrogens is 203 g/mol. The summed E-state index contributed by atoms with van der Waals surface area (Å²) >= 11 is 0. The zero-order valence-electron chi connectivity index (χ0n) is 7.28. The van der Waals surface area contributed by atoms with Gasteiger partial charge >= 0.3 is 6.18 Å². The SMILES string of the molecule is OC(CN1C[C@@H](O)[C@@H](O)C1)C(F)(F)F. The van der Waals surface area contributed by atoms with Crippen LogP contribution in [0.25, 0.3) is 0 Å². The van der Waals surface area contributed by atoms with Gasteiger partial charge in [-0.1, -0.05) is 0 Å². The predicted molar refractivity (Wildman–Crippen MR) is 40.5 cm³/mol. The van der Waals surface area contributed by atoms with Crippen LogP contribution >= 0.6 is 0 Å². The van der Waals surface area contributed by atoms with Crippen molar-refractivity contribution in [2.24, 2.45) is 0 Å². The van der Waals surface area contributed by atoms with Gasteiger partial charge < -0.3 is 15.3 Å². The molecule has 14 heavy (non-hydrogen) atoms. The van der Waals surface area contributed by atoms with Gasteiger partial charge in [-0.25, -0.2) is 0 Å². The van der Waals surface area contributed by atoms with E-state index in [1.807, 2.05) is 0 Å². The summed E-state index contributed by atoms with van der Waals surface area (Å²) in [5.74, 6) is 0. The molecule has 1 heterocycles. The van der Waals surface area contributed by atoms with Gasteiger partial charge in [0.25, 0.3) is 0 Å². The van der Waals surface area contributed by atoms with Crippen molar-refractivity contribution in [3.8, 4) is 0 Å². The molecule has 1 saturated heterocycles. The molecule has 0 aromatic carbocycles. The van der Waals surface area contributed by atoms with Crippen LogP contribution < -0.4 is 0 Å². The molecule has 0 saturated carbocycles. The van der Waals surface area contributed by atoms with E-state index in [-0.39, 0.29) is 13.1 Å². The highest BCUT2D eigenvalue weighted by Crippen LogP contribution is 2.22. The van der Waals surface area contributed by atoms with E-state index in [4.69, 9.17) is 15.3 Å². The fourth-order valence-corrected chi connectivity index (χ4v) is 1.34. The van der Waals surface area contributed by atoms with E-state index in [0.29, 0.717) is 0 Å². The molecule has 0 aliphatic carbocycles. The van der Waals surface area contributed by atoms with E-state index < -0.39 is 31.0 Å². The van der Waals surface area contributed by atoms with Crippen LogP contribution in [0.5, 0.6) is 0 Å². The Morgan fingerprint density at radius 2 is 1.64 bits per heavy atom. The first-order valence-electron chi connectivity index (χ1n) is 4.14. The number of alkyl halides is 3. The Hall–Kier alpha value is -0.370. The summed E-state index contributed by atoms with van der Waals surface area (Å²) in [6.45, 7) is -0.708. The molecule has 0 spiro atoms. The molecule has 0 radical (unpaired) electrons. The van der Waals surface area contributed by atoms with Crippen molar-refractivity contribution < 1.29 is 28.5 Å². The molecule has 84 valence electrons. The quantitative estimate of drug-likeness (QED) is 0.550. The van der Waals surface area contributed by atoms with E-state index in [1.54, 1.807) is 0 Å². The van der Waals surface area contributed by atoms with Crippen LogP contribution in [0.15, 0.2) is 0 Å². The van der Waals surface area contributed by atoms with Crippen molar-refractivity contribution in [2.45, 2.75) is 24.5 Å².